The molecule has 0 aromatic heterocycles. The summed E-state index contributed by atoms with van der Waals surface area (Å²) in [4.78, 5) is 49.0. The van der Waals surface area contributed by atoms with Gasteiger partial charge in [-0.25, -0.2) is 0 Å². The fraction of sp³-hybridized carbons (Fsp3) is 0.800. The summed E-state index contributed by atoms with van der Waals surface area (Å²) in [6.07, 6.45) is 5.42. The number of carbonyl (C=O) groups is 4. The first kappa shape index (κ1) is 21.1. The number of likely N-dealkylation sites (tertiary alicyclic amines) is 1. The Balaban J connectivity index is 1.90. The van der Waals surface area contributed by atoms with Gasteiger partial charge >= 0.3 is 0 Å². The van der Waals surface area contributed by atoms with E-state index in [0.29, 0.717) is 18.9 Å². The van der Waals surface area contributed by atoms with E-state index in [-0.39, 0.29) is 45.9 Å². The zero-order valence-corrected chi connectivity index (χ0v) is 17.1. The molecule has 6 heteroatoms. The molecule has 2 fully saturated rings. The molecule has 2 atom stereocenters. The Bertz CT molecular complexity index is 566. The van der Waals surface area contributed by atoms with Crippen molar-refractivity contribution in [2.24, 2.45) is 17.8 Å². The van der Waals surface area contributed by atoms with E-state index in [4.69, 9.17) is 0 Å². The molecular formula is C20H31NO4S. The quantitative estimate of drug-likeness (QED) is 0.477. The Morgan fingerprint density at radius 3 is 2.42 bits per heavy atom. The molecule has 0 aromatic carbocycles. The molecule has 2 unspecified atom stereocenters. The highest BCUT2D eigenvalue weighted by molar-refractivity contribution is 8.02. The summed E-state index contributed by atoms with van der Waals surface area (Å²) in [6.45, 7) is 8.07. The molecule has 1 aliphatic heterocycles. The van der Waals surface area contributed by atoms with Crippen LogP contribution in [0.4, 0.5) is 0 Å². The van der Waals surface area contributed by atoms with Crippen molar-refractivity contribution in [2.75, 3.05) is 6.54 Å². The number of Topliss-reactive ketones (excluding diaryl/α,β-unsaturated/α-hetero) is 1. The highest BCUT2D eigenvalue weighted by atomic mass is 32.2. The van der Waals surface area contributed by atoms with Gasteiger partial charge in [0.2, 0.25) is 11.8 Å². The lowest BCUT2D eigenvalue weighted by atomic mass is 9.80. The molecule has 1 aliphatic carbocycles. The molecule has 2 rings (SSSR count). The van der Waals surface area contributed by atoms with Gasteiger partial charge in [0.15, 0.2) is 0 Å². The summed E-state index contributed by atoms with van der Waals surface area (Å²) < 4.78 is -0.226. The zero-order valence-electron chi connectivity index (χ0n) is 16.3. The van der Waals surface area contributed by atoms with Crippen LogP contribution in [-0.4, -0.2) is 45.3 Å². The SMILES string of the molecule is CC(=O)C1CCC(CN2C(=O)CC(SC(C)(C)CC(C)C=O)C2=O)CC1. The van der Waals surface area contributed by atoms with Gasteiger partial charge < -0.3 is 4.79 Å². The van der Waals surface area contributed by atoms with E-state index in [1.807, 2.05) is 20.8 Å². The number of ketones is 1. The van der Waals surface area contributed by atoms with Gasteiger partial charge in [0.05, 0.1) is 5.25 Å². The maximum Gasteiger partial charge on any atom is 0.242 e. The first-order chi connectivity index (χ1) is 12.1. The third-order valence-corrected chi connectivity index (χ3v) is 7.03. The Morgan fingerprint density at radius 1 is 1.27 bits per heavy atom. The van der Waals surface area contributed by atoms with Crippen molar-refractivity contribution in [3.8, 4) is 0 Å². The molecule has 26 heavy (non-hydrogen) atoms. The Labute approximate surface area is 160 Å². The number of imide groups is 1. The van der Waals surface area contributed by atoms with Crippen LogP contribution in [0, 0.1) is 17.8 Å². The summed E-state index contributed by atoms with van der Waals surface area (Å²) in [5, 5.41) is -0.343. The molecule has 1 heterocycles. The molecule has 2 amide bonds. The van der Waals surface area contributed by atoms with E-state index < -0.39 is 0 Å². The number of aldehydes is 1. The average molecular weight is 382 g/mol. The van der Waals surface area contributed by atoms with Crippen molar-refractivity contribution in [3.63, 3.8) is 0 Å². The molecule has 1 saturated heterocycles. The van der Waals surface area contributed by atoms with E-state index in [0.717, 1.165) is 32.0 Å². The van der Waals surface area contributed by atoms with E-state index in [9.17, 15) is 19.2 Å². The van der Waals surface area contributed by atoms with Crippen molar-refractivity contribution in [2.45, 2.75) is 76.2 Å². The third-order valence-electron chi connectivity index (χ3n) is 5.57. The maximum absolute atomic E-state index is 12.8. The summed E-state index contributed by atoms with van der Waals surface area (Å²) in [5.41, 5.74) is 0. The van der Waals surface area contributed by atoms with Crippen LogP contribution in [0.1, 0.15) is 66.2 Å². The number of amides is 2. The molecule has 5 nitrogen and oxygen atoms in total. The second kappa shape index (κ2) is 8.68. The van der Waals surface area contributed by atoms with E-state index >= 15 is 0 Å². The van der Waals surface area contributed by atoms with E-state index in [2.05, 4.69) is 0 Å². The molecule has 2 aliphatic rings. The first-order valence-electron chi connectivity index (χ1n) is 9.60. The highest BCUT2D eigenvalue weighted by Gasteiger charge is 2.43. The smallest absolute Gasteiger partial charge is 0.242 e. The van der Waals surface area contributed by atoms with Crippen LogP contribution < -0.4 is 0 Å². The molecule has 0 spiro atoms. The van der Waals surface area contributed by atoms with Gasteiger partial charge in [-0.2, -0.15) is 0 Å². The van der Waals surface area contributed by atoms with Crippen molar-refractivity contribution >= 4 is 35.6 Å². The summed E-state index contributed by atoms with van der Waals surface area (Å²) in [6, 6.07) is 0. The van der Waals surface area contributed by atoms with Gasteiger partial charge in [-0.1, -0.05) is 20.8 Å². The monoisotopic (exact) mass is 381 g/mol. The zero-order chi connectivity index (χ0) is 19.5. The molecule has 0 bridgehead atoms. The number of hydrogen-bond donors (Lipinski definition) is 0. The van der Waals surface area contributed by atoms with Crippen molar-refractivity contribution in [1.82, 2.24) is 4.90 Å². The van der Waals surface area contributed by atoms with Gasteiger partial charge in [0.25, 0.3) is 0 Å². The van der Waals surface area contributed by atoms with Gasteiger partial charge in [0.1, 0.15) is 12.1 Å². The van der Waals surface area contributed by atoms with Gasteiger partial charge in [-0.3, -0.25) is 19.3 Å². The van der Waals surface area contributed by atoms with Crippen LogP contribution in [0.25, 0.3) is 0 Å². The average Bonchev–Trinajstić information content (AvgIpc) is 2.81. The number of carbonyl (C=O) groups excluding carboxylic acids is 4. The van der Waals surface area contributed by atoms with Crippen LogP contribution in [-0.2, 0) is 19.2 Å². The molecule has 0 aromatic rings. The van der Waals surface area contributed by atoms with Crippen LogP contribution in [0.3, 0.4) is 0 Å². The lowest BCUT2D eigenvalue weighted by Crippen LogP contribution is -2.38. The fourth-order valence-corrected chi connectivity index (χ4v) is 5.79. The molecule has 146 valence electrons. The largest absolute Gasteiger partial charge is 0.303 e. The standard InChI is InChI=1S/C20H31NO4S/c1-13(12-22)10-20(3,4)26-17-9-18(24)21(19(17)25)11-15-5-7-16(8-6-15)14(2)23/h12-13,15-17H,5-11H2,1-4H3. The predicted octanol–water partition coefficient (Wildman–Crippen LogP) is 3.25. The molecule has 0 radical (unpaired) electrons. The topological polar surface area (TPSA) is 71.5 Å². The highest BCUT2D eigenvalue weighted by Crippen LogP contribution is 2.39. The van der Waals surface area contributed by atoms with Crippen molar-refractivity contribution in [1.29, 1.82) is 0 Å². The van der Waals surface area contributed by atoms with Crippen LogP contribution >= 0.6 is 11.8 Å². The number of hydrogen-bond acceptors (Lipinski definition) is 5. The van der Waals surface area contributed by atoms with Crippen LogP contribution in [0.2, 0.25) is 0 Å². The normalized spacial score (nSPS) is 28.3. The molecule has 0 N–H and O–H groups in total. The summed E-state index contributed by atoms with van der Waals surface area (Å²) in [5.74, 6) is 0.490. The lowest BCUT2D eigenvalue weighted by molar-refractivity contribution is -0.139. The van der Waals surface area contributed by atoms with Gasteiger partial charge in [-0.15, -0.1) is 11.8 Å². The fourth-order valence-electron chi connectivity index (χ4n) is 4.20. The van der Waals surface area contributed by atoms with Crippen molar-refractivity contribution in [3.05, 3.63) is 0 Å². The Hall–Kier alpha value is -1.17. The second-order valence-electron chi connectivity index (χ2n) is 8.56. The van der Waals surface area contributed by atoms with Gasteiger partial charge in [0, 0.05) is 29.5 Å². The Kier molecular flexibility index (Phi) is 7.05. The number of thioether (sulfide) groups is 1. The minimum absolute atomic E-state index is 0.0581. The predicted molar refractivity (Wildman–Crippen MR) is 103 cm³/mol. The third kappa shape index (κ3) is 5.41. The summed E-state index contributed by atoms with van der Waals surface area (Å²) in [7, 11) is 0. The molecular weight excluding hydrogens is 350 g/mol. The lowest BCUT2D eigenvalue weighted by Gasteiger charge is -2.30. The van der Waals surface area contributed by atoms with Crippen molar-refractivity contribution < 1.29 is 19.2 Å². The first-order valence-corrected chi connectivity index (χ1v) is 10.5. The minimum Gasteiger partial charge on any atom is -0.303 e. The van der Waals surface area contributed by atoms with Crippen LogP contribution in [0.15, 0.2) is 0 Å². The summed E-state index contributed by atoms with van der Waals surface area (Å²) >= 11 is 1.52. The number of rotatable bonds is 8. The van der Waals surface area contributed by atoms with Gasteiger partial charge in [-0.05, 0) is 44.9 Å². The number of nitrogens with zero attached hydrogens (tertiary/aromatic N) is 1. The second-order valence-corrected chi connectivity index (χ2v) is 10.5. The van der Waals surface area contributed by atoms with Crippen LogP contribution in [0.5, 0.6) is 0 Å². The van der Waals surface area contributed by atoms with E-state index in [1.54, 1.807) is 6.92 Å². The van der Waals surface area contributed by atoms with E-state index in [1.165, 1.54) is 16.7 Å². The maximum atomic E-state index is 12.8. The molecule has 1 saturated carbocycles. The minimum atomic E-state index is -0.343. The Morgan fingerprint density at radius 2 is 1.88 bits per heavy atom.